The Bertz CT molecular complexity index is 577. The molecule has 0 aliphatic rings. The summed E-state index contributed by atoms with van der Waals surface area (Å²) in [6, 6.07) is 5.09. The zero-order chi connectivity index (χ0) is 12.3. The van der Waals surface area contributed by atoms with Gasteiger partial charge < -0.3 is 0 Å². The van der Waals surface area contributed by atoms with E-state index in [4.69, 9.17) is 0 Å². The van der Waals surface area contributed by atoms with Crippen LogP contribution in [0.2, 0.25) is 0 Å². The minimum atomic E-state index is -3.40. The summed E-state index contributed by atoms with van der Waals surface area (Å²) in [7, 11) is -3.40. The summed E-state index contributed by atoms with van der Waals surface area (Å²) in [5.74, 6) is 0. The fraction of sp³-hybridized carbons (Fsp3) is 0.222. The minimum Gasteiger partial charge on any atom is -0.271 e. The zero-order valence-electron chi connectivity index (χ0n) is 8.71. The first-order chi connectivity index (χ1) is 8.08. The Morgan fingerprint density at radius 1 is 1.47 bits per heavy atom. The maximum absolute atomic E-state index is 11.8. The van der Waals surface area contributed by atoms with Gasteiger partial charge in [0.2, 0.25) is 10.0 Å². The summed E-state index contributed by atoms with van der Waals surface area (Å²) >= 11 is 4.42. The van der Waals surface area contributed by atoms with E-state index in [9.17, 15) is 8.42 Å². The molecule has 1 N–H and O–H groups in total. The summed E-state index contributed by atoms with van der Waals surface area (Å²) in [5.41, 5.74) is 0. The van der Waals surface area contributed by atoms with E-state index in [1.807, 2.05) is 0 Å². The van der Waals surface area contributed by atoms with Crippen LogP contribution in [0.1, 0.15) is 0 Å². The van der Waals surface area contributed by atoms with Gasteiger partial charge in [-0.25, -0.2) is 13.1 Å². The van der Waals surface area contributed by atoms with Crippen molar-refractivity contribution in [2.75, 3.05) is 6.54 Å². The van der Waals surface area contributed by atoms with Crippen molar-refractivity contribution in [1.82, 2.24) is 14.5 Å². The van der Waals surface area contributed by atoms with Crippen molar-refractivity contribution < 1.29 is 8.42 Å². The van der Waals surface area contributed by atoms with E-state index in [1.165, 1.54) is 11.3 Å². The normalized spacial score (nSPS) is 11.8. The monoisotopic (exact) mass is 335 g/mol. The maximum Gasteiger partial charge on any atom is 0.250 e. The highest BCUT2D eigenvalue weighted by atomic mass is 79.9. The molecule has 0 spiro atoms. The Hall–Kier alpha value is -0.700. The van der Waals surface area contributed by atoms with Gasteiger partial charge in [0.1, 0.15) is 4.21 Å². The number of rotatable bonds is 5. The van der Waals surface area contributed by atoms with Gasteiger partial charge in [0.25, 0.3) is 0 Å². The number of thiophene rings is 1. The van der Waals surface area contributed by atoms with Crippen molar-refractivity contribution in [2.45, 2.75) is 10.8 Å². The molecule has 0 saturated heterocycles. The topological polar surface area (TPSA) is 64.0 Å². The highest BCUT2D eigenvalue weighted by Gasteiger charge is 2.15. The molecule has 5 nitrogen and oxygen atoms in total. The Morgan fingerprint density at radius 2 is 2.29 bits per heavy atom. The average molecular weight is 336 g/mol. The molecule has 2 heterocycles. The van der Waals surface area contributed by atoms with Gasteiger partial charge in [-0.3, -0.25) is 4.68 Å². The summed E-state index contributed by atoms with van der Waals surface area (Å²) in [4.78, 5) is 0. The first-order valence-corrected chi connectivity index (χ1v) is 7.89. The average Bonchev–Trinajstić information content (AvgIpc) is 2.89. The molecule has 0 atom stereocenters. The lowest BCUT2D eigenvalue weighted by Gasteiger charge is -2.04. The van der Waals surface area contributed by atoms with Gasteiger partial charge in [-0.05, 0) is 34.1 Å². The molecule has 0 fully saturated rings. The van der Waals surface area contributed by atoms with Gasteiger partial charge in [0.15, 0.2) is 0 Å². The molecular formula is C9H10BrN3O2S2. The van der Waals surface area contributed by atoms with Gasteiger partial charge in [-0.15, -0.1) is 11.3 Å². The molecule has 17 heavy (non-hydrogen) atoms. The van der Waals surface area contributed by atoms with Crippen LogP contribution >= 0.6 is 27.3 Å². The molecular weight excluding hydrogens is 326 g/mol. The van der Waals surface area contributed by atoms with E-state index in [2.05, 4.69) is 25.8 Å². The first-order valence-electron chi connectivity index (χ1n) is 4.80. The van der Waals surface area contributed by atoms with Gasteiger partial charge in [0, 0.05) is 18.9 Å². The van der Waals surface area contributed by atoms with Crippen molar-refractivity contribution in [3.8, 4) is 0 Å². The number of hydrogen-bond donors (Lipinski definition) is 1. The summed E-state index contributed by atoms with van der Waals surface area (Å²) < 4.78 is 29.0. The second-order valence-electron chi connectivity index (χ2n) is 3.23. The van der Waals surface area contributed by atoms with Crippen LogP contribution < -0.4 is 4.72 Å². The second kappa shape index (κ2) is 5.30. The number of nitrogens with one attached hydrogen (secondary N) is 1. The SMILES string of the molecule is O=S(=O)(NCCn1cccn1)c1ccc(Br)s1. The molecule has 0 bridgehead atoms. The third kappa shape index (κ3) is 3.38. The van der Waals surface area contributed by atoms with Crippen LogP contribution in [0.25, 0.3) is 0 Å². The van der Waals surface area contributed by atoms with Crippen molar-refractivity contribution >= 4 is 37.3 Å². The van der Waals surface area contributed by atoms with Crippen LogP contribution in [0.3, 0.4) is 0 Å². The predicted molar refractivity (Wildman–Crippen MR) is 69.4 cm³/mol. The van der Waals surface area contributed by atoms with Crippen LogP contribution in [-0.2, 0) is 16.6 Å². The van der Waals surface area contributed by atoms with Crippen molar-refractivity contribution in [3.05, 3.63) is 34.4 Å². The molecule has 2 aromatic rings. The lowest BCUT2D eigenvalue weighted by Crippen LogP contribution is -2.26. The molecule has 0 amide bonds. The molecule has 92 valence electrons. The quantitative estimate of drug-likeness (QED) is 0.904. The molecule has 0 saturated carbocycles. The molecule has 2 rings (SSSR count). The van der Waals surface area contributed by atoms with E-state index in [0.717, 1.165) is 3.79 Å². The summed E-state index contributed by atoms with van der Waals surface area (Å²) in [6.07, 6.45) is 3.45. The number of aromatic nitrogens is 2. The van der Waals surface area contributed by atoms with E-state index >= 15 is 0 Å². The third-order valence-electron chi connectivity index (χ3n) is 2.01. The fourth-order valence-corrected chi connectivity index (χ4v) is 4.32. The van der Waals surface area contributed by atoms with Crippen LogP contribution in [0.4, 0.5) is 0 Å². The molecule has 8 heteroatoms. The van der Waals surface area contributed by atoms with Crippen LogP contribution in [0.5, 0.6) is 0 Å². The second-order valence-corrected chi connectivity index (χ2v) is 7.68. The number of sulfonamides is 1. The molecule has 0 aromatic carbocycles. The lowest BCUT2D eigenvalue weighted by molar-refractivity contribution is 0.562. The minimum absolute atomic E-state index is 0.310. The largest absolute Gasteiger partial charge is 0.271 e. The van der Waals surface area contributed by atoms with Crippen molar-refractivity contribution in [3.63, 3.8) is 0 Å². The van der Waals surface area contributed by atoms with E-state index in [-0.39, 0.29) is 0 Å². The van der Waals surface area contributed by atoms with Gasteiger partial charge in [-0.2, -0.15) is 5.10 Å². The molecule has 0 aliphatic heterocycles. The Labute approximate surface area is 112 Å². The predicted octanol–water partition coefficient (Wildman–Crippen LogP) is 1.69. The zero-order valence-corrected chi connectivity index (χ0v) is 11.9. The smallest absolute Gasteiger partial charge is 0.250 e. The molecule has 0 aliphatic carbocycles. The summed E-state index contributed by atoms with van der Waals surface area (Å²) in [6.45, 7) is 0.832. The Kier molecular flexibility index (Phi) is 3.97. The Balaban J connectivity index is 1.94. The van der Waals surface area contributed by atoms with E-state index in [0.29, 0.717) is 17.3 Å². The third-order valence-corrected chi connectivity index (χ3v) is 5.58. The highest BCUT2D eigenvalue weighted by molar-refractivity contribution is 9.11. The van der Waals surface area contributed by atoms with Crippen LogP contribution in [0.15, 0.2) is 38.6 Å². The van der Waals surface area contributed by atoms with Crippen molar-refractivity contribution in [1.29, 1.82) is 0 Å². The van der Waals surface area contributed by atoms with Gasteiger partial charge in [-0.1, -0.05) is 0 Å². The number of nitrogens with zero attached hydrogens (tertiary/aromatic N) is 2. The van der Waals surface area contributed by atoms with E-state index in [1.54, 1.807) is 35.3 Å². The standard InChI is InChI=1S/C9H10BrN3O2S2/c10-8-2-3-9(16-8)17(14,15)12-5-7-13-6-1-4-11-13/h1-4,6,12H,5,7H2. The summed E-state index contributed by atoms with van der Waals surface area (Å²) in [5, 5.41) is 3.99. The Morgan fingerprint density at radius 3 is 2.88 bits per heavy atom. The molecule has 0 radical (unpaired) electrons. The maximum atomic E-state index is 11.8. The first kappa shape index (κ1) is 12.7. The van der Waals surface area contributed by atoms with Crippen molar-refractivity contribution in [2.24, 2.45) is 0 Å². The van der Waals surface area contributed by atoms with E-state index < -0.39 is 10.0 Å². The highest BCUT2D eigenvalue weighted by Crippen LogP contribution is 2.25. The molecule has 0 unspecified atom stereocenters. The fourth-order valence-electron chi connectivity index (χ4n) is 1.24. The lowest BCUT2D eigenvalue weighted by atomic mass is 10.6. The molecule has 2 aromatic heterocycles. The van der Waals surface area contributed by atoms with Gasteiger partial charge >= 0.3 is 0 Å². The van der Waals surface area contributed by atoms with Crippen LogP contribution in [0, 0.1) is 0 Å². The number of hydrogen-bond acceptors (Lipinski definition) is 4. The number of halogens is 1. The van der Waals surface area contributed by atoms with Gasteiger partial charge in [0.05, 0.1) is 10.3 Å². The van der Waals surface area contributed by atoms with Crippen LogP contribution in [-0.4, -0.2) is 24.7 Å².